The van der Waals surface area contributed by atoms with Gasteiger partial charge in [-0.3, -0.25) is 10.1 Å². The molecule has 2 unspecified atom stereocenters. The van der Waals surface area contributed by atoms with Gasteiger partial charge in [-0.2, -0.15) is 0 Å². The van der Waals surface area contributed by atoms with Gasteiger partial charge in [0.25, 0.3) is 0 Å². The molecule has 4 heteroatoms. The van der Waals surface area contributed by atoms with Gasteiger partial charge in [0, 0.05) is 6.04 Å². The molecule has 0 spiro atoms. The molecule has 0 bridgehead atoms. The van der Waals surface area contributed by atoms with E-state index in [-0.39, 0.29) is 23.9 Å². The van der Waals surface area contributed by atoms with E-state index in [4.69, 9.17) is 4.74 Å². The van der Waals surface area contributed by atoms with Crippen LogP contribution in [-0.4, -0.2) is 18.6 Å². The maximum Gasteiger partial charge on any atom is 0.322 e. The molecule has 0 fully saturated rings. The third kappa shape index (κ3) is 2.53. The highest BCUT2D eigenvalue weighted by Crippen LogP contribution is 2.32. The highest BCUT2D eigenvalue weighted by atomic mass is 19.1. The van der Waals surface area contributed by atoms with Crippen LogP contribution in [0, 0.1) is 5.82 Å². The van der Waals surface area contributed by atoms with Crippen LogP contribution in [0.2, 0.25) is 0 Å². The van der Waals surface area contributed by atoms with E-state index in [1.54, 1.807) is 19.9 Å². The Balaban J connectivity index is 2.06. The first-order valence-electron chi connectivity index (χ1n) is 6.33. The fourth-order valence-corrected chi connectivity index (χ4v) is 2.42. The summed E-state index contributed by atoms with van der Waals surface area (Å²) in [6.45, 7) is 3.93. The minimum Gasteiger partial charge on any atom is -0.465 e. The second-order valence-corrected chi connectivity index (χ2v) is 4.54. The summed E-state index contributed by atoms with van der Waals surface area (Å²) in [6.07, 6.45) is 1.54. The molecule has 0 aliphatic heterocycles. The van der Waals surface area contributed by atoms with Crippen molar-refractivity contribution < 1.29 is 13.9 Å². The Bertz CT molecular complexity index is 447. The molecule has 0 heterocycles. The number of hydrogen-bond donors (Lipinski definition) is 1. The summed E-state index contributed by atoms with van der Waals surface area (Å²) < 4.78 is 18.5. The standard InChI is InChI=1S/C14H18FNO2/c1-3-18-14(17)9(2)16-13-8-7-10-11(13)5-4-6-12(10)15/h4-6,9,13,16H,3,7-8H2,1-2H3. The van der Waals surface area contributed by atoms with Gasteiger partial charge in [0.05, 0.1) is 6.61 Å². The van der Waals surface area contributed by atoms with Gasteiger partial charge in [-0.25, -0.2) is 4.39 Å². The minimum absolute atomic E-state index is 0.0371. The molecule has 3 nitrogen and oxygen atoms in total. The first-order valence-corrected chi connectivity index (χ1v) is 6.33. The Hall–Kier alpha value is -1.42. The Labute approximate surface area is 106 Å². The van der Waals surface area contributed by atoms with Crippen LogP contribution < -0.4 is 5.32 Å². The fraction of sp³-hybridized carbons (Fsp3) is 0.500. The third-order valence-corrected chi connectivity index (χ3v) is 3.30. The molecule has 1 aliphatic carbocycles. The number of hydrogen-bond acceptors (Lipinski definition) is 3. The first kappa shape index (κ1) is 13.0. The van der Waals surface area contributed by atoms with Gasteiger partial charge in [0.15, 0.2) is 0 Å². The van der Waals surface area contributed by atoms with Gasteiger partial charge >= 0.3 is 5.97 Å². The van der Waals surface area contributed by atoms with Crippen molar-refractivity contribution in [3.05, 3.63) is 35.1 Å². The lowest BCUT2D eigenvalue weighted by molar-refractivity contribution is -0.145. The molecule has 0 saturated carbocycles. The summed E-state index contributed by atoms with van der Waals surface area (Å²) in [5.74, 6) is -0.414. The summed E-state index contributed by atoms with van der Waals surface area (Å²) in [6, 6.07) is 4.78. The van der Waals surface area contributed by atoms with Crippen molar-refractivity contribution in [2.75, 3.05) is 6.61 Å². The molecule has 1 aromatic carbocycles. The molecule has 0 saturated heterocycles. The zero-order chi connectivity index (χ0) is 13.1. The van der Waals surface area contributed by atoms with Crippen LogP contribution >= 0.6 is 0 Å². The highest BCUT2D eigenvalue weighted by Gasteiger charge is 2.27. The quantitative estimate of drug-likeness (QED) is 0.835. The molecule has 18 heavy (non-hydrogen) atoms. The summed E-state index contributed by atoms with van der Waals surface area (Å²) in [7, 11) is 0. The number of esters is 1. The monoisotopic (exact) mass is 251 g/mol. The Morgan fingerprint density at radius 1 is 1.61 bits per heavy atom. The van der Waals surface area contributed by atoms with Crippen LogP contribution in [0.25, 0.3) is 0 Å². The highest BCUT2D eigenvalue weighted by molar-refractivity contribution is 5.75. The second kappa shape index (κ2) is 5.48. The molecule has 0 amide bonds. The lowest BCUT2D eigenvalue weighted by Gasteiger charge is -2.19. The molecule has 98 valence electrons. The van der Waals surface area contributed by atoms with Crippen molar-refractivity contribution in [1.29, 1.82) is 0 Å². The van der Waals surface area contributed by atoms with Crippen molar-refractivity contribution in [3.8, 4) is 0 Å². The second-order valence-electron chi connectivity index (χ2n) is 4.54. The number of rotatable bonds is 4. The lowest BCUT2D eigenvalue weighted by Crippen LogP contribution is -2.37. The van der Waals surface area contributed by atoms with E-state index < -0.39 is 0 Å². The first-order chi connectivity index (χ1) is 8.63. The van der Waals surface area contributed by atoms with E-state index in [9.17, 15) is 9.18 Å². The van der Waals surface area contributed by atoms with Gasteiger partial charge in [-0.1, -0.05) is 12.1 Å². The molecule has 2 atom stereocenters. The predicted octanol–water partition coefficient (Wildman–Crippen LogP) is 2.35. The normalized spacial score (nSPS) is 19.4. The number of fused-ring (bicyclic) bond motifs is 1. The number of ether oxygens (including phenoxy) is 1. The van der Waals surface area contributed by atoms with Crippen molar-refractivity contribution in [3.63, 3.8) is 0 Å². The molecule has 1 N–H and O–H groups in total. The molecule has 1 aliphatic rings. The number of halogens is 1. The largest absolute Gasteiger partial charge is 0.465 e. The maximum atomic E-state index is 13.6. The van der Waals surface area contributed by atoms with Crippen LogP contribution in [0.1, 0.15) is 37.4 Å². The topological polar surface area (TPSA) is 38.3 Å². The third-order valence-electron chi connectivity index (χ3n) is 3.30. The van der Waals surface area contributed by atoms with E-state index in [0.717, 1.165) is 24.0 Å². The van der Waals surface area contributed by atoms with Crippen LogP contribution in [0.3, 0.4) is 0 Å². The predicted molar refractivity (Wildman–Crippen MR) is 66.7 cm³/mol. The van der Waals surface area contributed by atoms with Gasteiger partial charge in [-0.05, 0) is 43.9 Å². The molecule has 0 aromatic heterocycles. The van der Waals surface area contributed by atoms with Crippen molar-refractivity contribution >= 4 is 5.97 Å². The zero-order valence-electron chi connectivity index (χ0n) is 10.7. The Morgan fingerprint density at radius 3 is 3.11 bits per heavy atom. The molecular weight excluding hydrogens is 233 g/mol. The summed E-state index contributed by atoms with van der Waals surface area (Å²) in [5, 5.41) is 3.21. The van der Waals surface area contributed by atoms with E-state index in [2.05, 4.69) is 5.32 Å². The van der Waals surface area contributed by atoms with E-state index >= 15 is 0 Å². The molecular formula is C14H18FNO2. The Morgan fingerprint density at radius 2 is 2.39 bits per heavy atom. The van der Waals surface area contributed by atoms with Gasteiger partial charge < -0.3 is 4.74 Å². The average molecular weight is 251 g/mol. The van der Waals surface area contributed by atoms with Crippen molar-refractivity contribution in [2.45, 2.75) is 38.8 Å². The summed E-state index contributed by atoms with van der Waals surface area (Å²) in [5.41, 5.74) is 1.73. The van der Waals surface area contributed by atoms with E-state index in [0.29, 0.717) is 6.61 Å². The summed E-state index contributed by atoms with van der Waals surface area (Å²) in [4.78, 5) is 11.6. The van der Waals surface area contributed by atoms with Crippen LogP contribution in [0.5, 0.6) is 0 Å². The van der Waals surface area contributed by atoms with E-state index in [1.165, 1.54) is 6.07 Å². The molecule has 0 radical (unpaired) electrons. The fourth-order valence-electron chi connectivity index (χ4n) is 2.42. The van der Waals surface area contributed by atoms with Crippen molar-refractivity contribution in [1.82, 2.24) is 5.32 Å². The van der Waals surface area contributed by atoms with Crippen molar-refractivity contribution in [2.24, 2.45) is 0 Å². The SMILES string of the molecule is CCOC(=O)C(C)NC1CCc2c(F)cccc21. The van der Waals surface area contributed by atoms with Crippen LogP contribution in [-0.2, 0) is 16.0 Å². The molecule has 2 rings (SSSR count). The van der Waals surface area contributed by atoms with E-state index in [1.807, 2.05) is 6.07 Å². The lowest BCUT2D eigenvalue weighted by atomic mass is 10.1. The summed E-state index contributed by atoms with van der Waals surface area (Å²) >= 11 is 0. The van der Waals surface area contributed by atoms with Crippen LogP contribution in [0.15, 0.2) is 18.2 Å². The van der Waals surface area contributed by atoms with Gasteiger partial charge in [-0.15, -0.1) is 0 Å². The van der Waals surface area contributed by atoms with Gasteiger partial charge in [0.2, 0.25) is 0 Å². The van der Waals surface area contributed by atoms with Crippen LogP contribution in [0.4, 0.5) is 4.39 Å². The number of carbonyl (C=O) groups excluding carboxylic acids is 1. The number of benzene rings is 1. The smallest absolute Gasteiger partial charge is 0.322 e. The number of nitrogens with one attached hydrogen (secondary N) is 1. The molecule has 1 aromatic rings. The Kier molecular flexibility index (Phi) is 3.97. The zero-order valence-corrected chi connectivity index (χ0v) is 10.7. The average Bonchev–Trinajstić information content (AvgIpc) is 2.74. The van der Waals surface area contributed by atoms with Gasteiger partial charge in [0.1, 0.15) is 11.9 Å². The maximum absolute atomic E-state index is 13.6. The number of carbonyl (C=O) groups is 1. The minimum atomic E-state index is -0.371.